The van der Waals surface area contributed by atoms with Crippen LogP contribution >= 0.6 is 0 Å². The molecule has 1 saturated heterocycles. The second kappa shape index (κ2) is 5.91. The molecule has 1 N–H and O–H groups in total. The van der Waals surface area contributed by atoms with E-state index in [4.69, 9.17) is 5.11 Å². The first kappa shape index (κ1) is 13.6. The molecular weight excluding hydrogens is 244 g/mol. The molecule has 1 aromatic rings. The van der Waals surface area contributed by atoms with Crippen LogP contribution in [0, 0.1) is 6.92 Å². The van der Waals surface area contributed by atoms with Gasteiger partial charge in [-0.25, -0.2) is 4.79 Å². The molecule has 1 amide bonds. The number of carboxylic acid groups (broad SMARTS) is 1. The monoisotopic (exact) mass is 264 g/mol. The lowest BCUT2D eigenvalue weighted by atomic mass is 10.2. The number of carbonyl (C=O) groups is 2. The first-order valence-electron chi connectivity index (χ1n) is 6.76. The Balaban J connectivity index is 2.08. The molecule has 0 saturated carbocycles. The number of aromatic nitrogens is 1. The minimum absolute atomic E-state index is 0.0139. The van der Waals surface area contributed by atoms with Crippen molar-refractivity contribution in [2.45, 2.75) is 39.2 Å². The highest BCUT2D eigenvalue weighted by Gasteiger charge is 2.19. The van der Waals surface area contributed by atoms with E-state index < -0.39 is 5.97 Å². The Hall–Kier alpha value is -1.78. The van der Waals surface area contributed by atoms with Crippen LogP contribution in [0.4, 0.5) is 0 Å². The van der Waals surface area contributed by atoms with Crippen molar-refractivity contribution < 1.29 is 14.7 Å². The molecule has 0 radical (unpaired) electrons. The van der Waals surface area contributed by atoms with Crippen LogP contribution in [0.5, 0.6) is 0 Å². The molecule has 0 bridgehead atoms. The summed E-state index contributed by atoms with van der Waals surface area (Å²) in [5, 5.41) is 9.16. The number of aromatic carboxylic acids is 1. The summed E-state index contributed by atoms with van der Waals surface area (Å²) >= 11 is 0. The Morgan fingerprint density at radius 2 is 1.84 bits per heavy atom. The van der Waals surface area contributed by atoms with E-state index in [0.29, 0.717) is 5.56 Å². The summed E-state index contributed by atoms with van der Waals surface area (Å²) in [4.78, 5) is 25.2. The van der Waals surface area contributed by atoms with E-state index in [0.717, 1.165) is 25.9 Å². The van der Waals surface area contributed by atoms with Gasteiger partial charge >= 0.3 is 5.97 Å². The topological polar surface area (TPSA) is 62.5 Å². The van der Waals surface area contributed by atoms with Gasteiger partial charge in [-0.15, -0.1) is 0 Å². The number of nitrogens with zero attached hydrogens (tertiary/aromatic N) is 2. The van der Waals surface area contributed by atoms with Crippen molar-refractivity contribution in [3.8, 4) is 0 Å². The minimum Gasteiger partial charge on any atom is -0.477 e. The fraction of sp³-hybridized carbons (Fsp3) is 0.571. The maximum absolute atomic E-state index is 12.2. The van der Waals surface area contributed by atoms with Gasteiger partial charge in [-0.1, -0.05) is 12.8 Å². The highest BCUT2D eigenvalue weighted by molar-refractivity contribution is 5.88. The molecular formula is C14H20N2O3. The summed E-state index contributed by atoms with van der Waals surface area (Å²) in [6.45, 7) is 3.45. The van der Waals surface area contributed by atoms with E-state index in [-0.39, 0.29) is 18.1 Å². The standard InChI is InChI=1S/C14H20N2O3/c1-11-6-9-16(13(11)14(18)19)10-12(17)15-7-4-2-3-5-8-15/h6,9H,2-5,7-8,10H2,1H3,(H,18,19). The van der Waals surface area contributed by atoms with Crippen LogP contribution in [0.15, 0.2) is 12.3 Å². The second-order valence-corrected chi connectivity index (χ2v) is 5.08. The van der Waals surface area contributed by atoms with Crippen LogP contribution in [-0.4, -0.2) is 39.5 Å². The molecule has 5 heteroatoms. The molecule has 1 aliphatic heterocycles. The van der Waals surface area contributed by atoms with Gasteiger partial charge in [-0.2, -0.15) is 0 Å². The van der Waals surface area contributed by atoms with E-state index >= 15 is 0 Å². The van der Waals surface area contributed by atoms with E-state index in [1.54, 1.807) is 19.2 Å². The number of hydrogen-bond acceptors (Lipinski definition) is 2. The number of carboxylic acids is 1. The molecule has 1 aliphatic rings. The lowest BCUT2D eigenvalue weighted by Crippen LogP contribution is -2.35. The van der Waals surface area contributed by atoms with Gasteiger partial charge in [0.05, 0.1) is 0 Å². The predicted molar refractivity (Wildman–Crippen MR) is 71.2 cm³/mol. The van der Waals surface area contributed by atoms with Crippen LogP contribution < -0.4 is 0 Å². The van der Waals surface area contributed by atoms with Crippen molar-refractivity contribution in [2.24, 2.45) is 0 Å². The summed E-state index contributed by atoms with van der Waals surface area (Å²) < 4.78 is 1.53. The van der Waals surface area contributed by atoms with Gasteiger partial charge in [0.25, 0.3) is 0 Å². The number of aryl methyl sites for hydroxylation is 1. The van der Waals surface area contributed by atoms with Crippen molar-refractivity contribution in [1.82, 2.24) is 9.47 Å². The van der Waals surface area contributed by atoms with E-state index in [9.17, 15) is 9.59 Å². The van der Waals surface area contributed by atoms with Crippen molar-refractivity contribution in [2.75, 3.05) is 13.1 Å². The molecule has 0 aromatic carbocycles. The average Bonchev–Trinajstić information content (AvgIpc) is 2.59. The summed E-state index contributed by atoms with van der Waals surface area (Å²) in [5.41, 5.74) is 0.902. The second-order valence-electron chi connectivity index (χ2n) is 5.08. The van der Waals surface area contributed by atoms with Crippen molar-refractivity contribution in [3.63, 3.8) is 0 Å². The quantitative estimate of drug-likeness (QED) is 0.907. The molecule has 5 nitrogen and oxygen atoms in total. The zero-order chi connectivity index (χ0) is 13.8. The van der Waals surface area contributed by atoms with Gasteiger partial charge in [-0.05, 0) is 31.4 Å². The minimum atomic E-state index is -0.980. The van der Waals surface area contributed by atoms with Crippen LogP contribution in [0.25, 0.3) is 0 Å². The Morgan fingerprint density at radius 3 is 2.42 bits per heavy atom. The normalized spacial score (nSPS) is 16.2. The van der Waals surface area contributed by atoms with Gasteiger partial charge < -0.3 is 14.6 Å². The van der Waals surface area contributed by atoms with Gasteiger partial charge in [0.2, 0.25) is 5.91 Å². The molecule has 104 valence electrons. The third-order valence-corrected chi connectivity index (χ3v) is 3.63. The number of likely N-dealkylation sites (tertiary alicyclic amines) is 1. The Kier molecular flexibility index (Phi) is 4.24. The third kappa shape index (κ3) is 3.16. The molecule has 2 rings (SSSR count). The van der Waals surface area contributed by atoms with Crippen molar-refractivity contribution in [1.29, 1.82) is 0 Å². The van der Waals surface area contributed by atoms with Crippen LogP contribution in [-0.2, 0) is 11.3 Å². The van der Waals surface area contributed by atoms with Gasteiger partial charge in [0.1, 0.15) is 12.2 Å². The largest absolute Gasteiger partial charge is 0.477 e. The van der Waals surface area contributed by atoms with Crippen molar-refractivity contribution in [3.05, 3.63) is 23.5 Å². The molecule has 1 fully saturated rings. The van der Waals surface area contributed by atoms with Gasteiger partial charge in [0, 0.05) is 19.3 Å². The van der Waals surface area contributed by atoms with Crippen molar-refractivity contribution >= 4 is 11.9 Å². The van der Waals surface area contributed by atoms with Gasteiger partial charge in [0.15, 0.2) is 0 Å². The first-order valence-corrected chi connectivity index (χ1v) is 6.76. The summed E-state index contributed by atoms with van der Waals surface area (Å²) in [6.07, 6.45) is 6.11. The fourth-order valence-electron chi connectivity index (χ4n) is 2.57. The number of rotatable bonds is 3. The zero-order valence-corrected chi connectivity index (χ0v) is 11.3. The van der Waals surface area contributed by atoms with E-state index in [1.165, 1.54) is 17.4 Å². The number of hydrogen-bond donors (Lipinski definition) is 1. The third-order valence-electron chi connectivity index (χ3n) is 3.63. The average molecular weight is 264 g/mol. The van der Waals surface area contributed by atoms with E-state index in [1.807, 2.05) is 4.90 Å². The lowest BCUT2D eigenvalue weighted by molar-refractivity contribution is -0.131. The molecule has 0 atom stereocenters. The molecule has 2 heterocycles. The number of carbonyl (C=O) groups excluding carboxylic acids is 1. The van der Waals surface area contributed by atoms with Crippen LogP contribution in [0.3, 0.4) is 0 Å². The maximum Gasteiger partial charge on any atom is 0.352 e. The maximum atomic E-state index is 12.2. The Bertz CT molecular complexity index is 471. The summed E-state index contributed by atoms with van der Waals surface area (Å²) in [6, 6.07) is 1.74. The predicted octanol–water partition coefficient (Wildman–Crippen LogP) is 1.90. The number of amides is 1. The SMILES string of the molecule is Cc1ccn(CC(=O)N2CCCCCC2)c1C(=O)O. The molecule has 0 spiro atoms. The summed E-state index contributed by atoms with van der Waals surface area (Å²) in [5.74, 6) is -0.967. The molecule has 19 heavy (non-hydrogen) atoms. The highest BCUT2D eigenvalue weighted by atomic mass is 16.4. The highest BCUT2D eigenvalue weighted by Crippen LogP contribution is 2.13. The first-order chi connectivity index (χ1) is 9.09. The Morgan fingerprint density at radius 1 is 1.21 bits per heavy atom. The van der Waals surface area contributed by atoms with Crippen LogP contribution in [0.2, 0.25) is 0 Å². The van der Waals surface area contributed by atoms with Crippen LogP contribution in [0.1, 0.15) is 41.7 Å². The molecule has 1 aromatic heterocycles. The summed E-state index contributed by atoms with van der Waals surface area (Å²) in [7, 11) is 0. The zero-order valence-electron chi connectivity index (χ0n) is 11.3. The molecule has 0 unspecified atom stereocenters. The Labute approximate surface area is 112 Å². The van der Waals surface area contributed by atoms with E-state index in [2.05, 4.69) is 0 Å². The lowest BCUT2D eigenvalue weighted by Gasteiger charge is -2.21. The fourth-order valence-corrected chi connectivity index (χ4v) is 2.57. The smallest absolute Gasteiger partial charge is 0.352 e. The molecule has 0 aliphatic carbocycles. The van der Waals surface area contributed by atoms with Gasteiger partial charge in [-0.3, -0.25) is 4.79 Å².